The van der Waals surface area contributed by atoms with Crippen molar-refractivity contribution < 1.29 is 8.28 Å². The number of hydrogen-bond donors (Lipinski definition) is 0. The van der Waals surface area contributed by atoms with E-state index in [2.05, 4.69) is 10.1 Å². The summed E-state index contributed by atoms with van der Waals surface area (Å²) < 4.78 is 30.1. The van der Waals surface area contributed by atoms with Gasteiger partial charge in [-0.3, -0.25) is 0 Å². The Labute approximate surface area is 153 Å². The first-order valence-corrected chi connectivity index (χ1v) is 8.87. The van der Waals surface area contributed by atoms with Crippen molar-refractivity contribution >= 4 is 18.0 Å². The Balaban J connectivity index is 2.00. The van der Waals surface area contributed by atoms with E-state index in [0.29, 0.717) is 5.69 Å². The summed E-state index contributed by atoms with van der Waals surface area (Å²) in [4.78, 5) is 4.26. The van der Waals surface area contributed by atoms with Gasteiger partial charge < -0.3 is 4.40 Å². The molecule has 4 rings (SSSR count). The lowest BCUT2D eigenvalue weighted by Crippen LogP contribution is -1.99. The zero-order valence-corrected chi connectivity index (χ0v) is 15.0. The van der Waals surface area contributed by atoms with E-state index >= 15 is 0 Å². The summed E-state index contributed by atoms with van der Waals surface area (Å²) in [6, 6.07) is 9.95. The van der Waals surface area contributed by atoms with Crippen molar-refractivity contribution in [2.75, 3.05) is 0 Å². The molecule has 0 N–H and O–H groups in total. The predicted octanol–water partition coefficient (Wildman–Crippen LogP) is 5.51. The van der Waals surface area contributed by atoms with Crippen LogP contribution in [0.3, 0.4) is 0 Å². The van der Waals surface area contributed by atoms with Gasteiger partial charge in [0.25, 0.3) is 0 Å². The predicted molar refractivity (Wildman–Crippen MR) is 100.0 cm³/mol. The van der Waals surface area contributed by atoms with Gasteiger partial charge in [-0.1, -0.05) is 13.8 Å². The van der Waals surface area contributed by atoms with E-state index in [0.717, 1.165) is 28.0 Å². The largest absolute Gasteiger partial charge is 0.306 e. The van der Waals surface area contributed by atoms with Gasteiger partial charge in [-0.15, -0.1) is 3.89 Å². The van der Waals surface area contributed by atoms with Crippen LogP contribution in [0.2, 0.25) is 0 Å². The first-order valence-electron chi connectivity index (χ1n) is 8.19. The molecule has 0 atom stereocenters. The van der Waals surface area contributed by atoms with E-state index in [9.17, 15) is 8.28 Å². The summed E-state index contributed by atoms with van der Waals surface area (Å²) in [5.41, 5.74) is 4.71. The molecule has 0 radical (unpaired) electrons. The van der Waals surface area contributed by atoms with Crippen LogP contribution in [0.15, 0.2) is 55.0 Å². The highest BCUT2D eigenvalue weighted by atomic mass is 32.2. The number of fused-ring (bicyclic) bond motifs is 1. The van der Waals surface area contributed by atoms with Crippen LogP contribution in [-0.2, 0) is 0 Å². The smallest absolute Gasteiger partial charge is 0.187 e. The van der Waals surface area contributed by atoms with Gasteiger partial charge in [-0.2, -0.15) is 9.19 Å². The molecule has 0 aliphatic heterocycles. The molecule has 0 saturated carbocycles. The average Bonchev–Trinajstić information content (AvgIpc) is 3.25. The van der Waals surface area contributed by atoms with Gasteiger partial charge in [0.1, 0.15) is 17.2 Å². The van der Waals surface area contributed by atoms with Gasteiger partial charge in [0.05, 0.1) is 5.69 Å². The zero-order valence-electron chi connectivity index (χ0n) is 14.2. The first kappa shape index (κ1) is 16.8. The normalized spacial score (nSPS) is 11.6. The third kappa shape index (κ3) is 2.78. The molecule has 7 heteroatoms. The lowest BCUT2D eigenvalue weighted by Gasteiger charge is -2.11. The summed E-state index contributed by atoms with van der Waals surface area (Å²) in [5, 5.41) is 4.45. The molecule has 26 heavy (non-hydrogen) atoms. The standard InChI is InChI=1S/C19H16F2N4S/c1-12(2)19-17(14-5-8-16-22-9-10-24(16)11-14)18(23-25(19)26-21)13-3-6-15(20)7-4-13/h3-12H,1-2H3. The molecule has 0 bridgehead atoms. The molecule has 0 saturated heterocycles. The molecule has 0 fully saturated rings. The van der Waals surface area contributed by atoms with Gasteiger partial charge in [-0.05, 0) is 42.3 Å². The lowest BCUT2D eigenvalue weighted by molar-refractivity contribution is 0.628. The summed E-state index contributed by atoms with van der Waals surface area (Å²) in [6.45, 7) is 3.99. The molecule has 0 spiro atoms. The maximum absolute atomic E-state index is 13.6. The van der Waals surface area contributed by atoms with Gasteiger partial charge in [0.15, 0.2) is 12.3 Å². The average molecular weight is 370 g/mol. The summed E-state index contributed by atoms with van der Waals surface area (Å²) in [7, 11) is 0. The number of nitrogens with zero attached hydrogens (tertiary/aromatic N) is 4. The Hall–Kier alpha value is -2.67. The van der Waals surface area contributed by atoms with E-state index in [1.165, 1.54) is 16.2 Å². The Morgan fingerprint density at radius 2 is 1.77 bits per heavy atom. The highest BCUT2D eigenvalue weighted by molar-refractivity contribution is 7.92. The van der Waals surface area contributed by atoms with E-state index in [4.69, 9.17) is 0 Å². The van der Waals surface area contributed by atoms with Crippen LogP contribution in [0.1, 0.15) is 25.5 Å². The van der Waals surface area contributed by atoms with E-state index in [1.807, 2.05) is 42.8 Å². The molecule has 4 aromatic rings. The van der Waals surface area contributed by atoms with Crippen molar-refractivity contribution in [1.82, 2.24) is 18.6 Å². The number of imidazole rings is 1. The van der Waals surface area contributed by atoms with Crippen LogP contribution in [-0.4, -0.2) is 18.6 Å². The summed E-state index contributed by atoms with van der Waals surface area (Å²) >= 11 is 0.0689. The summed E-state index contributed by atoms with van der Waals surface area (Å²) in [6.07, 6.45) is 5.54. The molecule has 1 aromatic carbocycles. The van der Waals surface area contributed by atoms with Crippen LogP contribution in [0, 0.1) is 5.82 Å². The maximum atomic E-state index is 13.6. The molecule has 132 valence electrons. The van der Waals surface area contributed by atoms with Crippen LogP contribution in [0.25, 0.3) is 28.0 Å². The number of aromatic nitrogens is 4. The van der Waals surface area contributed by atoms with Crippen LogP contribution < -0.4 is 0 Å². The SMILES string of the molecule is CC(C)c1c(-c2ccc3nccn3c2)c(-c2ccc(F)cc2)nn1SF. The Morgan fingerprint density at radius 3 is 2.46 bits per heavy atom. The van der Waals surface area contributed by atoms with Crippen molar-refractivity contribution in [1.29, 1.82) is 0 Å². The Bertz CT molecular complexity index is 1070. The Morgan fingerprint density at radius 1 is 1.04 bits per heavy atom. The lowest BCUT2D eigenvalue weighted by atomic mass is 9.95. The minimum Gasteiger partial charge on any atom is -0.306 e. The molecule has 0 aliphatic rings. The fourth-order valence-electron chi connectivity index (χ4n) is 3.14. The monoisotopic (exact) mass is 370 g/mol. The molecule has 3 aromatic heterocycles. The van der Waals surface area contributed by atoms with Gasteiger partial charge in [0.2, 0.25) is 0 Å². The minimum atomic E-state index is -0.321. The third-order valence-corrected chi connectivity index (χ3v) is 4.71. The first-order chi connectivity index (χ1) is 12.6. The van der Waals surface area contributed by atoms with Crippen molar-refractivity contribution in [3.8, 4) is 22.4 Å². The van der Waals surface area contributed by atoms with E-state index < -0.39 is 0 Å². The van der Waals surface area contributed by atoms with Gasteiger partial charge in [0, 0.05) is 35.3 Å². The number of rotatable bonds is 4. The topological polar surface area (TPSA) is 35.1 Å². The number of pyridine rings is 1. The molecular formula is C19H16F2N4S. The molecule has 0 amide bonds. The third-order valence-electron chi connectivity index (χ3n) is 4.30. The molecule has 0 unspecified atom stereocenters. The van der Waals surface area contributed by atoms with Crippen molar-refractivity contribution in [2.45, 2.75) is 19.8 Å². The van der Waals surface area contributed by atoms with Gasteiger partial charge in [-0.25, -0.2) is 9.37 Å². The van der Waals surface area contributed by atoms with E-state index in [1.54, 1.807) is 18.3 Å². The maximum Gasteiger partial charge on any atom is 0.187 e. The fourth-order valence-corrected chi connectivity index (χ4v) is 3.63. The molecular weight excluding hydrogens is 354 g/mol. The highest BCUT2D eigenvalue weighted by Crippen LogP contribution is 2.39. The van der Waals surface area contributed by atoms with Gasteiger partial charge >= 0.3 is 0 Å². The summed E-state index contributed by atoms with van der Waals surface area (Å²) in [5.74, 6) is -0.271. The fraction of sp³-hybridized carbons (Fsp3) is 0.158. The number of halogens is 2. The molecule has 0 aliphatic carbocycles. The van der Waals surface area contributed by atoms with Crippen LogP contribution in [0.4, 0.5) is 8.28 Å². The minimum absolute atomic E-state index is 0.0495. The zero-order chi connectivity index (χ0) is 18.3. The second-order valence-electron chi connectivity index (χ2n) is 6.32. The second-order valence-corrected chi connectivity index (χ2v) is 6.81. The highest BCUT2D eigenvalue weighted by Gasteiger charge is 2.24. The molecule has 3 heterocycles. The van der Waals surface area contributed by atoms with E-state index in [-0.39, 0.29) is 24.1 Å². The van der Waals surface area contributed by atoms with Crippen LogP contribution >= 0.6 is 12.3 Å². The number of hydrogen-bond acceptors (Lipinski definition) is 3. The quantitative estimate of drug-likeness (QED) is 0.475. The van der Waals surface area contributed by atoms with Crippen molar-refractivity contribution in [2.24, 2.45) is 0 Å². The van der Waals surface area contributed by atoms with Crippen molar-refractivity contribution in [3.63, 3.8) is 0 Å². The van der Waals surface area contributed by atoms with Crippen molar-refractivity contribution in [3.05, 3.63) is 66.5 Å². The molecule has 4 nitrogen and oxygen atoms in total. The number of benzene rings is 1. The second kappa shape index (κ2) is 6.57. The Kier molecular flexibility index (Phi) is 4.24. The van der Waals surface area contributed by atoms with Crippen LogP contribution in [0.5, 0.6) is 0 Å².